The maximum atomic E-state index is 13.4. The molecule has 0 N–H and O–H groups in total. The largest absolute Gasteiger partial charge is 0.505 e. The maximum Gasteiger partial charge on any atom is 0.505 e. The summed E-state index contributed by atoms with van der Waals surface area (Å²) in [6.45, 7) is 12.8. The van der Waals surface area contributed by atoms with Gasteiger partial charge in [-0.05, 0) is 46.6 Å². The number of carbonyl (C=O) groups excluding carboxylic acids is 1. The van der Waals surface area contributed by atoms with Crippen LogP contribution in [0.25, 0.3) is 0 Å². The van der Waals surface area contributed by atoms with Crippen molar-refractivity contribution in [1.29, 1.82) is 0 Å². The highest BCUT2D eigenvalue weighted by Gasteiger charge is 2.52. The number of carbonyl (C=O) groups is 1. The van der Waals surface area contributed by atoms with Crippen LogP contribution in [0.5, 0.6) is 0 Å². The van der Waals surface area contributed by atoms with Gasteiger partial charge in [0.25, 0.3) is 0 Å². The van der Waals surface area contributed by atoms with Crippen LogP contribution >= 0.6 is 11.3 Å². The average molecular weight is 449 g/mol. The molecule has 3 nitrogen and oxygen atoms in total. The van der Waals surface area contributed by atoms with Crippen LogP contribution in [0.2, 0.25) is 0 Å². The molecule has 1 aliphatic heterocycles. The highest BCUT2D eigenvalue weighted by Crippen LogP contribution is 2.37. The molecule has 1 unspecified atom stereocenters. The van der Waals surface area contributed by atoms with E-state index in [1.165, 1.54) is 57.8 Å². The molecule has 1 saturated heterocycles. The second-order valence-corrected chi connectivity index (χ2v) is 11.4. The van der Waals surface area contributed by atoms with E-state index in [-0.39, 0.29) is 24.2 Å². The van der Waals surface area contributed by atoms with Gasteiger partial charge >= 0.3 is 7.12 Å². The van der Waals surface area contributed by atoms with Crippen molar-refractivity contribution in [3.05, 3.63) is 17.0 Å². The zero-order valence-corrected chi connectivity index (χ0v) is 21.7. The fourth-order valence-corrected chi connectivity index (χ4v) is 5.15. The summed E-state index contributed by atoms with van der Waals surface area (Å²) in [5.41, 5.74) is -0.711. The molecule has 5 heteroatoms. The second kappa shape index (κ2) is 12.6. The summed E-state index contributed by atoms with van der Waals surface area (Å²) in [5, 5.41) is 0. The minimum Gasteiger partial charge on any atom is -0.399 e. The van der Waals surface area contributed by atoms with Crippen LogP contribution in [0.3, 0.4) is 0 Å². The van der Waals surface area contributed by atoms with Crippen molar-refractivity contribution >= 4 is 29.0 Å². The van der Waals surface area contributed by atoms with Crippen LogP contribution in [-0.4, -0.2) is 24.1 Å². The van der Waals surface area contributed by atoms with Crippen LogP contribution in [0.15, 0.2) is 12.1 Å². The van der Waals surface area contributed by atoms with Crippen molar-refractivity contribution < 1.29 is 14.1 Å². The van der Waals surface area contributed by atoms with Gasteiger partial charge in [-0.25, -0.2) is 0 Å². The van der Waals surface area contributed by atoms with Crippen molar-refractivity contribution in [3.63, 3.8) is 0 Å². The number of unbranched alkanes of at least 4 members (excludes halogenated alkanes) is 8. The lowest BCUT2D eigenvalue weighted by Gasteiger charge is -2.32. The quantitative estimate of drug-likeness (QED) is 0.158. The summed E-state index contributed by atoms with van der Waals surface area (Å²) in [7, 11) is -0.377. The summed E-state index contributed by atoms with van der Waals surface area (Å²) in [4.78, 5) is 14.3. The van der Waals surface area contributed by atoms with Crippen molar-refractivity contribution in [3.8, 4) is 0 Å². The molecule has 1 atom stereocenters. The summed E-state index contributed by atoms with van der Waals surface area (Å²) in [6, 6.07) is 4.02. The molecule has 2 heterocycles. The van der Waals surface area contributed by atoms with E-state index < -0.39 is 0 Å². The summed E-state index contributed by atoms with van der Waals surface area (Å²) < 4.78 is 13.4. The lowest BCUT2D eigenvalue weighted by Crippen LogP contribution is -2.41. The first-order valence-electron chi connectivity index (χ1n) is 12.7. The first-order valence-corrected chi connectivity index (χ1v) is 13.5. The third kappa shape index (κ3) is 7.72. The van der Waals surface area contributed by atoms with E-state index in [1.54, 1.807) is 11.3 Å². The summed E-state index contributed by atoms with van der Waals surface area (Å²) >= 11 is 1.56. The Morgan fingerprint density at radius 1 is 0.839 bits per heavy atom. The topological polar surface area (TPSA) is 35.5 Å². The highest BCUT2D eigenvalue weighted by atomic mass is 32.1. The van der Waals surface area contributed by atoms with Crippen molar-refractivity contribution in [2.45, 2.75) is 130 Å². The van der Waals surface area contributed by atoms with Gasteiger partial charge in [-0.1, -0.05) is 84.1 Å². The lowest BCUT2D eigenvalue weighted by atomic mass is 9.88. The van der Waals surface area contributed by atoms with Crippen LogP contribution in [0.1, 0.15) is 128 Å². The zero-order chi connectivity index (χ0) is 22.9. The predicted molar refractivity (Wildman–Crippen MR) is 135 cm³/mol. The van der Waals surface area contributed by atoms with Crippen molar-refractivity contribution in [1.82, 2.24) is 0 Å². The van der Waals surface area contributed by atoms with E-state index in [4.69, 9.17) is 9.31 Å². The van der Waals surface area contributed by atoms with E-state index >= 15 is 0 Å². The van der Waals surface area contributed by atoms with Crippen molar-refractivity contribution in [2.24, 2.45) is 5.92 Å². The second-order valence-electron chi connectivity index (χ2n) is 10.3. The van der Waals surface area contributed by atoms with E-state index in [2.05, 4.69) is 41.5 Å². The lowest BCUT2D eigenvalue weighted by molar-refractivity contribution is 0.00578. The minimum atomic E-state index is -0.377. The smallest absolute Gasteiger partial charge is 0.399 e. The van der Waals surface area contributed by atoms with Crippen molar-refractivity contribution in [2.75, 3.05) is 0 Å². The van der Waals surface area contributed by atoms with Gasteiger partial charge in [-0.2, -0.15) is 0 Å². The number of Topliss-reactive ketones (excluding diaryl/α,β-unsaturated/α-hetero) is 1. The molecule has 1 aliphatic rings. The number of hydrogen-bond acceptors (Lipinski definition) is 4. The Morgan fingerprint density at radius 3 is 1.87 bits per heavy atom. The molecule has 0 bridgehead atoms. The Morgan fingerprint density at radius 2 is 1.32 bits per heavy atom. The monoisotopic (exact) mass is 448 g/mol. The molecule has 0 spiro atoms. The summed E-state index contributed by atoms with van der Waals surface area (Å²) in [6.07, 6.45) is 14.6. The van der Waals surface area contributed by atoms with Gasteiger partial charge in [0.05, 0.1) is 16.1 Å². The predicted octanol–water partition coefficient (Wildman–Crippen LogP) is 7.57. The molecule has 1 fully saturated rings. The normalized spacial score (nSPS) is 18.5. The van der Waals surface area contributed by atoms with E-state index in [1.807, 2.05) is 12.1 Å². The number of rotatable bonds is 15. The molecule has 31 heavy (non-hydrogen) atoms. The molecule has 0 radical (unpaired) electrons. The van der Waals surface area contributed by atoms with E-state index in [0.29, 0.717) is 5.78 Å². The molecule has 0 aliphatic carbocycles. The van der Waals surface area contributed by atoms with Crippen LogP contribution < -0.4 is 4.78 Å². The standard InChI is InChI=1S/C26H45BO3S/c1-7-9-11-13-14-16-18-21(17-15-12-10-8-2)24(28)22-19-20-23(31-22)27-29-25(3,4)26(5,6)30-27/h19-21H,7-18H2,1-6H3. The first-order chi connectivity index (χ1) is 14.7. The molecule has 0 amide bonds. The Labute approximate surface area is 195 Å². The van der Waals surface area contributed by atoms with Crippen LogP contribution in [0.4, 0.5) is 0 Å². The maximum absolute atomic E-state index is 13.4. The third-order valence-electron chi connectivity index (χ3n) is 7.04. The average Bonchev–Trinajstić information content (AvgIpc) is 3.28. The van der Waals surface area contributed by atoms with Gasteiger partial charge in [-0.3, -0.25) is 4.79 Å². The highest BCUT2D eigenvalue weighted by molar-refractivity contribution is 7.23. The molecule has 2 rings (SSSR count). The fourth-order valence-electron chi connectivity index (χ4n) is 4.17. The Balaban J connectivity index is 1.97. The molecule has 176 valence electrons. The Kier molecular flexibility index (Phi) is 10.8. The molecular formula is C26H45BO3S. The van der Waals surface area contributed by atoms with E-state index in [9.17, 15) is 4.79 Å². The van der Waals surface area contributed by atoms with Gasteiger partial charge in [0, 0.05) is 10.7 Å². The van der Waals surface area contributed by atoms with Crippen LogP contribution in [0, 0.1) is 5.92 Å². The molecule has 1 aromatic heterocycles. The minimum absolute atomic E-state index is 0.160. The third-order valence-corrected chi connectivity index (χ3v) is 8.16. The van der Waals surface area contributed by atoms with E-state index in [0.717, 1.165) is 28.9 Å². The van der Waals surface area contributed by atoms with Gasteiger partial charge in [-0.15, -0.1) is 11.3 Å². The van der Waals surface area contributed by atoms with Gasteiger partial charge in [0.2, 0.25) is 0 Å². The molecule has 0 aromatic carbocycles. The Hall–Kier alpha value is -0.645. The first kappa shape index (κ1) is 26.6. The molecule has 1 aromatic rings. The SMILES string of the molecule is CCCCCCCCC(CCCCCC)C(=O)c1ccc(B2OC(C)(C)C(C)(C)O2)s1. The number of thiophene rings is 1. The van der Waals surface area contributed by atoms with Gasteiger partial charge < -0.3 is 9.31 Å². The molecular weight excluding hydrogens is 403 g/mol. The van der Waals surface area contributed by atoms with Crippen LogP contribution in [-0.2, 0) is 9.31 Å². The Bertz CT molecular complexity index is 651. The molecule has 0 saturated carbocycles. The number of hydrogen-bond donors (Lipinski definition) is 0. The summed E-state index contributed by atoms with van der Waals surface area (Å²) in [5.74, 6) is 0.491. The fraction of sp³-hybridized carbons (Fsp3) is 0.808. The van der Waals surface area contributed by atoms with Gasteiger partial charge in [0.1, 0.15) is 0 Å². The number of ketones is 1. The van der Waals surface area contributed by atoms with Gasteiger partial charge in [0.15, 0.2) is 5.78 Å². The zero-order valence-electron chi connectivity index (χ0n) is 20.9.